The quantitative estimate of drug-likeness (QED) is 0.857. The Morgan fingerprint density at radius 2 is 2.29 bits per heavy atom. The number of hydrogen-bond acceptors (Lipinski definition) is 6. The van der Waals surface area contributed by atoms with Gasteiger partial charge in [-0.05, 0) is 47.2 Å². The molecule has 2 aromatic heterocycles. The highest BCUT2D eigenvalue weighted by molar-refractivity contribution is 7.99. The zero-order valence-corrected chi connectivity index (χ0v) is 10.6. The van der Waals surface area contributed by atoms with Crippen LogP contribution in [0.2, 0.25) is 0 Å². The number of aryl methyl sites for hydroxylation is 1. The Labute approximate surface area is 104 Å². The maximum Gasteiger partial charge on any atom is 0.215 e. The lowest BCUT2D eigenvalue weighted by atomic mass is 10.1. The van der Waals surface area contributed by atoms with Gasteiger partial charge in [0.2, 0.25) is 5.16 Å². The third-order valence-corrected chi connectivity index (χ3v) is 3.11. The summed E-state index contributed by atoms with van der Waals surface area (Å²) in [6.45, 7) is 1.98. The molecule has 0 fully saturated rings. The number of nitrogens with zero attached hydrogens (tertiary/aromatic N) is 5. The summed E-state index contributed by atoms with van der Waals surface area (Å²) in [6, 6.07) is 4.14. The fourth-order valence-electron chi connectivity index (χ4n) is 1.37. The van der Waals surface area contributed by atoms with E-state index in [0.29, 0.717) is 0 Å². The Bertz CT molecular complexity index is 478. The van der Waals surface area contributed by atoms with Crippen LogP contribution in [0.4, 0.5) is 0 Å². The molecule has 0 spiro atoms. The molecule has 2 rings (SSSR count). The number of nitrogens with two attached hydrogens (primary N) is 1. The molecule has 2 aromatic rings. The molecule has 0 aliphatic carbocycles. The zero-order chi connectivity index (χ0) is 12.3. The highest BCUT2D eigenvalue weighted by atomic mass is 32.2. The number of rotatable bonds is 4. The molecule has 0 aromatic carbocycles. The van der Waals surface area contributed by atoms with Crippen LogP contribution in [0.5, 0.6) is 0 Å². The highest BCUT2D eigenvalue weighted by Gasteiger charge is 2.06. The predicted molar refractivity (Wildman–Crippen MR) is 64.5 cm³/mol. The first-order chi connectivity index (χ1) is 8.15. The fraction of sp³-hybridized carbons (Fsp3) is 0.400. The van der Waals surface area contributed by atoms with E-state index in [-0.39, 0.29) is 6.04 Å². The van der Waals surface area contributed by atoms with Crippen LogP contribution in [-0.2, 0) is 13.5 Å². The van der Waals surface area contributed by atoms with E-state index in [2.05, 4.69) is 20.5 Å². The lowest BCUT2D eigenvalue weighted by Crippen LogP contribution is -2.17. The van der Waals surface area contributed by atoms with Gasteiger partial charge >= 0.3 is 0 Å². The molecule has 1 atom stereocenters. The first-order valence-corrected chi connectivity index (χ1v) is 6.07. The predicted octanol–water partition coefficient (Wildman–Crippen LogP) is 0.646. The van der Waals surface area contributed by atoms with Gasteiger partial charge in [0.05, 0.1) is 0 Å². The Morgan fingerprint density at radius 3 is 2.82 bits per heavy atom. The van der Waals surface area contributed by atoms with Gasteiger partial charge in [0, 0.05) is 19.3 Å². The Balaban J connectivity index is 2.06. The van der Waals surface area contributed by atoms with Crippen molar-refractivity contribution >= 4 is 11.8 Å². The van der Waals surface area contributed by atoms with Crippen molar-refractivity contribution in [2.45, 2.75) is 29.6 Å². The van der Waals surface area contributed by atoms with Crippen molar-refractivity contribution in [3.05, 3.63) is 23.9 Å². The molecule has 0 aliphatic rings. The Kier molecular flexibility index (Phi) is 3.70. The molecule has 0 radical (unpaired) electrons. The molecule has 0 amide bonds. The summed E-state index contributed by atoms with van der Waals surface area (Å²) < 4.78 is 1.61. The second-order valence-corrected chi connectivity index (χ2v) is 4.86. The fourth-order valence-corrected chi connectivity index (χ4v) is 2.04. The number of pyridine rings is 1. The summed E-state index contributed by atoms with van der Waals surface area (Å²) in [5, 5.41) is 12.8. The normalized spacial score (nSPS) is 12.6. The molecule has 17 heavy (non-hydrogen) atoms. The van der Waals surface area contributed by atoms with Gasteiger partial charge in [-0.3, -0.25) is 0 Å². The van der Waals surface area contributed by atoms with Crippen LogP contribution in [0.3, 0.4) is 0 Å². The Morgan fingerprint density at radius 1 is 1.47 bits per heavy atom. The standard InChI is InChI=1S/C10H14N6S/c1-7(11)5-8-3-4-9(12-6-8)17-10-13-14-15-16(10)2/h3-4,6-7H,5,11H2,1-2H3. The maximum absolute atomic E-state index is 5.73. The minimum Gasteiger partial charge on any atom is -0.328 e. The summed E-state index contributed by atoms with van der Waals surface area (Å²) in [7, 11) is 1.80. The average Bonchev–Trinajstić information content (AvgIpc) is 2.67. The second-order valence-electron chi connectivity index (χ2n) is 3.87. The summed E-state index contributed by atoms with van der Waals surface area (Å²) in [6.07, 6.45) is 2.68. The van der Waals surface area contributed by atoms with Crippen LogP contribution in [0.25, 0.3) is 0 Å². The number of hydrogen-bond donors (Lipinski definition) is 1. The molecule has 6 nitrogen and oxygen atoms in total. The Hall–Kier alpha value is -1.47. The largest absolute Gasteiger partial charge is 0.328 e. The second kappa shape index (κ2) is 5.24. The van der Waals surface area contributed by atoms with Crippen LogP contribution in [0.15, 0.2) is 28.5 Å². The van der Waals surface area contributed by atoms with Gasteiger partial charge in [-0.2, -0.15) is 0 Å². The molecule has 2 N–H and O–H groups in total. The van der Waals surface area contributed by atoms with Crippen molar-refractivity contribution < 1.29 is 0 Å². The van der Waals surface area contributed by atoms with Crippen molar-refractivity contribution in [2.24, 2.45) is 12.8 Å². The third kappa shape index (κ3) is 3.24. The smallest absolute Gasteiger partial charge is 0.215 e. The monoisotopic (exact) mass is 250 g/mol. The van der Waals surface area contributed by atoms with E-state index in [1.165, 1.54) is 11.8 Å². The molecule has 90 valence electrons. The van der Waals surface area contributed by atoms with E-state index in [0.717, 1.165) is 22.2 Å². The molecule has 0 saturated carbocycles. The van der Waals surface area contributed by atoms with E-state index < -0.39 is 0 Å². The summed E-state index contributed by atoms with van der Waals surface area (Å²) in [5.74, 6) is 0. The van der Waals surface area contributed by atoms with Crippen molar-refractivity contribution in [2.75, 3.05) is 0 Å². The first-order valence-electron chi connectivity index (χ1n) is 5.26. The van der Waals surface area contributed by atoms with Crippen molar-refractivity contribution in [1.82, 2.24) is 25.2 Å². The first kappa shape index (κ1) is 12.0. The van der Waals surface area contributed by atoms with Crippen LogP contribution in [0, 0.1) is 0 Å². The molecule has 0 bridgehead atoms. The van der Waals surface area contributed by atoms with Gasteiger partial charge in [0.1, 0.15) is 5.03 Å². The van der Waals surface area contributed by atoms with Crippen molar-refractivity contribution in [1.29, 1.82) is 0 Å². The van der Waals surface area contributed by atoms with Gasteiger partial charge in [0.15, 0.2) is 0 Å². The SMILES string of the molecule is CC(N)Cc1ccc(Sc2nnnn2C)nc1. The summed E-state index contributed by atoms with van der Waals surface area (Å²) in [5.41, 5.74) is 6.87. The van der Waals surface area contributed by atoms with Crippen LogP contribution >= 0.6 is 11.8 Å². The molecule has 2 heterocycles. The minimum atomic E-state index is 0.151. The van der Waals surface area contributed by atoms with Gasteiger partial charge < -0.3 is 5.73 Å². The molecule has 1 unspecified atom stereocenters. The topological polar surface area (TPSA) is 82.5 Å². The number of aromatic nitrogens is 5. The van der Waals surface area contributed by atoms with E-state index in [4.69, 9.17) is 5.73 Å². The molecule has 0 saturated heterocycles. The molecular weight excluding hydrogens is 236 g/mol. The molecule has 0 aliphatic heterocycles. The van der Waals surface area contributed by atoms with E-state index in [1.54, 1.807) is 11.7 Å². The maximum atomic E-state index is 5.73. The lowest BCUT2D eigenvalue weighted by molar-refractivity contribution is 0.664. The third-order valence-electron chi connectivity index (χ3n) is 2.13. The van der Waals surface area contributed by atoms with E-state index in [1.807, 2.05) is 25.3 Å². The van der Waals surface area contributed by atoms with E-state index in [9.17, 15) is 0 Å². The average molecular weight is 250 g/mol. The van der Waals surface area contributed by atoms with Gasteiger partial charge in [-0.15, -0.1) is 5.10 Å². The summed E-state index contributed by atoms with van der Waals surface area (Å²) >= 11 is 1.43. The van der Waals surface area contributed by atoms with E-state index >= 15 is 0 Å². The number of tetrazole rings is 1. The molecule has 7 heteroatoms. The van der Waals surface area contributed by atoms with Crippen molar-refractivity contribution in [3.8, 4) is 0 Å². The van der Waals surface area contributed by atoms with Crippen LogP contribution < -0.4 is 5.73 Å². The van der Waals surface area contributed by atoms with Gasteiger partial charge in [-0.1, -0.05) is 6.07 Å². The lowest BCUT2D eigenvalue weighted by Gasteiger charge is -2.05. The van der Waals surface area contributed by atoms with Gasteiger partial charge in [-0.25, -0.2) is 9.67 Å². The van der Waals surface area contributed by atoms with Crippen molar-refractivity contribution in [3.63, 3.8) is 0 Å². The van der Waals surface area contributed by atoms with Crippen LogP contribution in [0.1, 0.15) is 12.5 Å². The van der Waals surface area contributed by atoms with Crippen LogP contribution in [-0.4, -0.2) is 31.2 Å². The summed E-state index contributed by atoms with van der Waals surface area (Å²) in [4.78, 5) is 4.35. The molecular formula is C10H14N6S. The highest BCUT2D eigenvalue weighted by Crippen LogP contribution is 2.22. The minimum absolute atomic E-state index is 0.151. The zero-order valence-electron chi connectivity index (χ0n) is 9.74. The van der Waals surface area contributed by atoms with Gasteiger partial charge in [0.25, 0.3) is 0 Å².